The summed E-state index contributed by atoms with van der Waals surface area (Å²) in [5.74, 6) is -15.0. The quantitative estimate of drug-likeness (QED) is 0.0728. The van der Waals surface area contributed by atoms with Crippen LogP contribution in [0.5, 0.6) is 11.5 Å². The Morgan fingerprint density at radius 3 is 0.929 bits per heavy atom. The van der Waals surface area contributed by atoms with E-state index in [4.69, 9.17) is 9.47 Å². The maximum absolute atomic E-state index is 14.5. The molecule has 0 amide bonds. The number of benzene rings is 2. The summed E-state index contributed by atoms with van der Waals surface area (Å²) in [4.78, 5) is 0. The third-order valence-electron chi connectivity index (χ3n) is 6.75. The van der Waals surface area contributed by atoms with E-state index in [0.717, 1.165) is 64.2 Å². The Morgan fingerprint density at radius 1 is 0.381 bits per heavy atom. The van der Waals surface area contributed by atoms with E-state index in [9.17, 15) is 35.1 Å². The van der Waals surface area contributed by atoms with Gasteiger partial charge in [0.15, 0.2) is 34.8 Å². The van der Waals surface area contributed by atoms with Crippen LogP contribution in [0.3, 0.4) is 0 Å². The molecule has 0 aliphatic rings. The topological polar surface area (TPSA) is 18.5 Å². The second-order valence-corrected chi connectivity index (χ2v) is 10.1. The average molecular weight is 607 g/mol. The second-order valence-electron chi connectivity index (χ2n) is 10.1. The first kappa shape index (κ1) is 35.2. The van der Waals surface area contributed by atoms with Crippen LogP contribution in [0.4, 0.5) is 35.1 Å². The fourth-order valence-electron chi connectivity index (χ4n) is 4.29. The molecule has 0 saturated heterocycles. The van der Waals surface area contributed by atoms with Crippen LogP contribution < -0.4 is 9.47 Å². The fraction of sp³-hybridized carbons (Fsp3) is 0.562. The minimum Gasteiger partial charge on any atom is -0.487 e. The monoisotopic (exact) mass is 606 g/mol. The molecule has 0 aliphatic heterocycles. The number of unbranched alkanes of at least 4 members (excludes halogenated alkanes) is 12. The zero-order chi connectivity index (χ0) is 31.1. The zero-order valence-corrected chi connectivity index (χ0v) is 24.2. The molecule has 0 saturated carbocycles. The van der Waals surface area contributed by atoms with Crippen LogP contribution in [-0.4, -0.2) is 13.2 Å². The molecule has 0 radical (unpaired) electrons. The summed E-state index contributed by atoms with van der Waals surface area (Å²) < 4.78 is 126. The summed E-state index contributed by atoms with van der Waals surface area (Å²) in [6.45, 7) is 3.75. The van der Waals surface area contributed by atoms with Crippen molar-refractivity contribution < 1.29 is 44.6 Å². The van der Waals surface area contributed by atoms with E-state index in [1.807, 2.05) is 0 Å². The lowest BCUT2D eigenvalue weighted by Gasteiger charge is -2.11. The molecule has 2 aromatic rings. The van der Waals surface area contributed by atoms with Crippen LogP contribution >= 0.6 is 0 Å². The van der Waals surface area contributed by atoms with E-state index in [1.165, 1.54) is 0 Å². The van der Waals surface area contributed by atoms with Gasteiger partial charge in [-0.25, -0.2) is 17.6 Å². The largest absolute Gasteiger partial charge is 0.487 e. The fourth-order valence-corrected chi connectivity index (χ4v) is 4.29. The van der Waals surface area contributed by atoms with E-state index in [-0.39, 0.29) is 13.2 Å². The highest BCUT2D eigenvalue weighted by Gasteiger charge is 2.28. The van der Waals surface area contributed by atoms with Crippen molar-refractivity contribution in [2.45, 2.75) is 104 Å². The molecule has 0 atom stereocenters. The SMILES string of the molecule is CCCCCCCCCOc1c(F)c(F)c(C#Cc2c(F)c(F)c(OCCCCCCCCC)c(F)c2F)c(F)c1F. The summed E-state index contributed by atoms with van der Waals surface area (Å²) in [7, 11) is 0. The number of halogens is 8. The first-order chi connectivity index (χ1) is 20.2. The highest BCUT2D eigenvalue weighted by molar-refractivity contribution is 5.50. The highest BCUT2D eigenvalue weighted by atomic mass is 19.2. The maximum atomic E-state index is 14.5. The van der Waals surface area contributed by atoms with Crippen molar-refractivity contribution in [3.8, 4) is 23.3 Å². The van der Waals surface area contributed by atoms with E-state index >= 15 is 0 Å². The Bertz CT molecular complexity index is 1070. The Morgan fingerprint density at radius 2 is 0.643 bits per heavy atom. The third-order valence-corrected chi connectivity index (χ3v) is 6.75. The molecule has 2 rings (SSSR count). The molecule has 42 heavy (non-hydrogen) atoms. The van der Waals surface area contributed by atoms with Gasteiger partial charge in [0, 0.05) is 0 Å². The van der Waals surface area contributed by atoms with Gasteiger partial charge in [-0.05, 0) is 12.8 Å². The van der Waals surface area contributed by atoms with E-state index in [0.29, 0.717) is 25.7 Å². The summed E-state index contributed by atoms with van der Waals surface area (Å²) in [5, 5.41) is 0. The van der Waals surface area contributed by atoms with Gasteiger partial charge < -0.3 is 9.47 Å². The molecule has 0 aliphatic carbocycles. The highest BCUT2D eigenvalue weighted by Crippen LogP contribution is 2.32. The molecule has 2 aromatic carbocycles. The van der Waals surface area contributed by atoms with E-state index in [2.05, 4.69) is 13.8 Å². The van der Waals surface area contributed by atoms with Crippen LogP contribution in [0, 0.1) is 58.4 Å². The van der Waals surface area contributed by atoms with E-state index in [1.54, 1.807) is 11.8 Å². The van der Waals surface area contributed by atoms with Gasteiger partial charge in [0.2, 0.25) is 23.3 Å². The van der Waals surface area contributed by atoms with Gasteiger partial charge in [-0.1, -0.05) is 103 Å². The number of hydrogen-bond acceptors (Lipinski definition) is 2. The summed E-state index contributed by atoms with van der Waals surface area (Å²) in [6.07, 6.45) is 12.3. The first-order valence-corrected chi connectivity index (χ1v) is 14.7. The van der Waals surface area contributed by atoms with Crippen LogP contribution in [0.25, 0.3) is 0 Å². The Labute approximate surface area is 242 Å². The molecule has 0 unspecified atom stereocenters. The Balaban J connectivity index is 2.13. The summed E-state index contributed by atoms with van der Waals surface area (Å²) in [6, 6.07) is 0. The van der Waals surface area contributed by atoms with Gasteiger partial charge in [0.1, 0.15) is 11.1 Å². The first-order valence-electron chi connectivity index (χ1n) is 14.7. The van der Waals surface area contributed by atoms with Crippen molar-refractivity contribution >= 4 is 0 Å². The molecule has 2 nitrogen and oxygen atoms in total. The van der Waals surface area contributed by atoms with Crippen LogP contribution in [-0.2, 0) is 0 Å². The number of hydrogen-bond donors (Lipinski definition) is 0. The molecular weight excluding hydrogens is 568 g/mol. The smallest absolute Gasteiger partial charge is 0.205 e. The second kappa shape index (κ2) is 18.6. The number of rotatable bonds is 18. The summed E-state index contributed by atoms with van der Waals surface area (Å²) in [5.41, 5.74) is -3.04. The molecule has 0 heterocycles. The molecule has 0 spiro atoms. The van der Waals surface area contributed by atoms with Crippen LogP contribution in [0.2, 0.25) is 0 Å². The normalized spacial score (nSPS) is 11.0. The zero-order valence-electron chi connectivity index (χ0n) is 24.2. The van der Waals surface area contributed by atoms with Gasteiger partial charge in [-0.15, -0.1) is 0 Å². The average Bonchev–Trinajstić information content (AvgIpc) is 2.98. The lowest BCUT2D eigenvalue weighted by atomic mass is 10.1. The van der Waals surface area contributed by atoms with Crippen LogP contribution in [0.15, 0.2) is 0 Å². The molecular formula is C32H38F8O2. The maximum Gasteiger partial charge on any atom is 0.205 e. The lowest BCUT2D eigenvalue weighted by molar-refractivity contribution is 0.263. The van der Waals surface area contributed by atoms with Gasteiger partial charge in [-0.2, -0.15) is 17.6 Å². The van der Waals surface area contributed by atoms with Crippen molar-refractivity contribution in [2.75, 3.05) is 13.2 Å². The Kier molecular flexibility index (Phi) is 15.6. The van der Waals surface area contributed by atoms with Gasteiger partial charge >= 0.3 is 0 Å². The number of ether oxygens (including phenoxy) is 2. The minimum absolute atomic E-state index is 0.201. The van der Waals surface area contributed by atoms with E-state index < -0.39 is 69.2 Å². The van der Waals surface area contributed by atoms with Gasteiger partial charge in [0.25, 0.3) is 0 Å². The Hall–Kier alpha value is -2.96. The predicted molar refractivity (Wildman–Crippen MR) is 146 cm³/mol. The van der Waals surface area contributed by atoms with Crippen molar-refractivity contribution in [1.82, 2.24) is 0 Å². The molecule has 0 aromatic heterocycles. The lowest BCUT2D eigenvalue weighted by Crippen LogP contribution is -2.09. The van der Waals surface area contributed by atoms with Crippen molar-refractivity contribution in [1.29, 1.82) is 0 Å². The van der Waals surface area contributed by atoms with Crippen LogP contribution in [0.1, 0.15) is 115 Å². The predicted octanol–water partition coefficient (Wildman–Crippen LogP) is 10.5. The molecule has 10 heteroatoms. The minimum atomic E-state index is -1.98. The molecule has 0 N–H and O–H groups in total. The molecule has 234 valence electrons. The van der Waals surface area contributed by atoms with Crippen molar-refractivity contribution in [3.63, 3.8) is 0 Å². The summed E-state index contributed by atoms with van der Waals surface area (Å²) >= 11 is 0. The standard InChI is InChI=1S/C32H38F8O2/c1-3-5-7-9-11-13-15-19-41-31-27(37)23(33)21(24(34)28(31)38)17-18-22-25(35)29(39)32(30(40)26(22)36)42-20-16-14-12-10-8-6-4-2/h3-16,19-20H2,1-2H3. The van der Waals surface area contributed by atoms with Gasteiger partial charge in [-0.3, -0.25) is 0 Å². The molecule has 0 fully saturated rings. The third kappa shape index (κ3) is 9.81. The van der Waals surface area contributed by atoms with Crippen molar-refractivity contribution in [2.24, 2.45) is 0 Å². The van der Waals surface area contributed by atoms with Crippen molar-refractivity contribution in [3.05, 3.63) is 57.7 Å². The molecule has 0 bridgehead atoms. The van der Waals surface area contributed by atoms with Gasteiger partial charge in [0.05, 0.1) is 13.2 Å².